The lowest BCUT2D eigenvalue weighted by Gasteiger charge is -2.33. The van der Waals surface area contributed by atoms with E-state index in [1.54, 1.807) is 10.5 Å². The second kappa shape index (κ2) is 7.32. The maximum Gasteiger partial charge on any atom is 0.214 e. The van der Waals surface area contributed by atoms with E-state index in [-0.39, 0.29) is 11.7 Å². The van der Waals surface area contributed by atoms with E-state index in [9.17, 15) is 8.42 Å². The molecule has 0 bridgehead atoms. The molecular weight excluding hydrogens is 314 g/mol. The Morgan fingerprint density at radius 1 is 1.26 bits per heavy atom. The van der Waals surface area contributed by atoms with Crippen LogP contribution in [-0.4, -0.2) is 54.3 Å². The molecule has 1 unspecified atom stereocenters. The Morgan fingerprint density at radius 3 is 2.74 bits per heavy atom. The molecule has 0 saturated carbocycles. The quantitative estimate of drug-likeness (QED) is 0.813. The van der Waals surface area contributed by atoms with Gasteiger partial charge in [-0.25, -0.2) is 17.7 Å². The van der Waals surface area contributed by atoms with Crippen molar-refractivity contribution in [3.05, 3.63) is 18.2 Å². The zero-order valence-electron chi connectivity index (χ0n) is 13.9. The normalized spacial score (nSPS) is 24.8. The molecule has 6 nitrogen and oxygen atoms in total. The molecule has 1 aromatic heterocycles. The van der Waals surface area contributed by atoms with Crippen LogP contribution in [0.15, 0.2) is 12.4 Å². The Bertz CT molecular complexity index is 608. The summed E-state index contributed by atoms with van der Waals surface area (Å²) in [6.07, 6.45) is 8.36. The van der Waals surface area contributed by atoms with E-state index in [0.29, 0.717) is 32.2 Å². The summed E-state index contributed by atoms with van der Waals surface area (Å²) in [4.78, 5) is 4.37. The Labute approximate surface area is 138 Å². The van der Waals surface area contributed by atoms with Gasteiger partial charge in [-0.2, -0.15) is 0 Å². The van der Waals surface area contributed by atoms with Gasteiger partial charge in [0.05, 0.1) is 5.75 Å². The Morgan fingerprint density at radius 2 is 2.04 bits per heavy atom. The van der Waals surface area contributed by atoms with Gasteiger partial charge >= 0.3 is 0 Å². The fourth-order valence-corrected chi connectivity index (χ4v) is 5.60. The van der Waals surface area contributed by atoms with Crippen LogP contribution in [0.5, 0.6) is 0 Å². The van der Waals surface area contributed by atoms with Gasteiger partial charge in [-0.15, -0.1) is 0 Å². The highest BCUT2D eigenvalue weighted by Crippen LogP contribution is 2.25. The topological polar surface area (TPSA) is 64.4 Å². The SMILES string of the molecule is Cn1ccnc1CC1CCCN(S(=O)(=O)CC2CCOCC2)C1. The summed E-state index contributed by atoms with van der Waals surface area (Å²) in [5.74, 6) is 1.95. The van der Waals surface area contributed by atoms with Crippen molar-refractivity contribution in [3.63, 3.8) is 0 Å². The Hall–Kier alpha value is -0.920. The van der Waals surface area contributed by atoms with Gasteiger partial charge in [0.1, 0.15) is 5.82 Å². The van der Waals surface area contributed by atoms with E-state index in [1.165, 1.54) is 0 Å². The number of aryl methyl sites for hydroxylation is 1. The molecule has 1 atom stereocenters. The molecule has 2 aliphatic heterocycles. The summed E-state index contributed by atoms with van der Waals surface area (Å²) in [5, 5.41) is 0. The number of imidazole rings is 1. The minimum Gasteiger partial charge on any atom is -0.381 e. The summed E-state index contributed by atoms with van der Waals surface area (Å²) in [7, 11) is -1.16. The van der Waals surface area contributed by atoms with E-state index in [0.717, 1.165) is 37.9 Å². The Kier molecular flexibility index (Phi) is 5.38. The molecule has 2 saturated heterocycles. The molecule has 0 radical (unpaired) electrons. The van der Waals surface area contributed by atoms with Crippen molar-refractivity contribution < 1.29 is 13.2 Å². The monoisotopic (exact) mass is 341 g/mol. The largest absolute Gasteiger partial charge is 0.381 e. The molecule has 7 heteroatoms. The van der Waals surface area contributed by atoms with Crippen molar-refractivity contribution in [2.45, 2.75) is 32.1 Å². The smallest absolute Gasteiger partial charge is 0.214 e. The molecule has 0 aliphatic carbocycles. The van der Waals surface area contributed by atoms with Gasteiger partial charge in [0.2, 0.25) is 10.0 Å². The first-order valence-electron chi connectivity index (χ1n) is 8.56. The highest BCUT2D eigenvalue weighted by atomic mass is 32.2. The van der Waals surface area contributed by atoms with Crippen LogP contribution >= 0.6 is 0 Å². The van der Waals surface area contributed by atoms with E-state index in [4.69, 9.17) is 4.74 Å². The molecule has 3 rings (SSSR count). The second-order valence-electron chi connectivity index (χ2n) is 6.86. The molecular formula is C16H27N3O3S. The molecule has 2 fully saturated rings. The minimum absolute atomic E-state index is 0.253. The van der Waals surface area contributed by atoms with Gasteiger partial charge in [0.15, 0.2) is 0 Å². The third-order valence-electron chi connectivity index (χ3n) is 5.05. The molecule has 0 spiro atoms. The van der Waals surface area contributed by atoms with Crippen molar-refractivity contribution in [1.82, 2.24) is 13.9 Å². The lowest BCUT2D eigenvalue weighted by Crippen LogP contribution is -2.43. The summed E-state index contributed by atoms with van der Waals surface area (Å²) in [6, 6.07) is 0. The summed E-state index contributed by atoms with van der Waals surface area (Å²) in [5.41, 5.74) is 0. The fraction of sp³-hybridized carbons (Fsp3) is 0.812. The van der Waals surface area contributed by atoms with Crippen LogP contribution in [0, 0.1) is 11.8 Å². The predicted octanol–water partition coefficient (Wildman–Crippen LogP) is 1.43. The van der Waals surface area contributed by atoms with Gasteiger partial charge in [0.25, 0.3) is 0 Å². The van der Waals surface area contributed by atoms with Gasteiger partial charge in [0, 0.05) is 52.2 Å². The van der Waals surface area contributed by atoms with Crippen molar-refractivity contribution in [3.8, 4) is 0 Å². The third kappa shape index (κ3) is 4.33. The molecule has 1 aromatic rings. The number of sulfonamides is 1. The van der Waals surface area contributed by atoms with Gasteiger partial charge < -0.3 is 9.30 Å². The van der Waals surface area contributed by atoms with E-state index < -0.39 is 10.0 Å². The van der Waals surface area contributed by atoms with E-state index in [2.05, 4.69) is 4.98 Å². The first-order valence-corrected chi connectivity index (χ1v) is 10.2. The zero-order valence-corrected chi connectivity index (χ0v) is 14.7. The maximum absolute atomic E-state index is 12.7. The number of nitrogens with zero attached hydrogens (tertiary/aromatic N) is 3. The van der Waals surface area contributed by atoms with Crippen molar-refractivity contribution >= 4 is 10.0 Å². The average molecular weight is 341 g/mol. The van der Waals surface area contributed by atoms with Gasteiger partial charge in [-0.05, 0) is 37.5 Å². The molecule has 0 aromatic carbocycles. The number of rotatable bonds is 5. The minimum atomic E-state index is -3.15. The van der Waals surface area contributed by atoms with Crippen molar-refractivity contribution in [2.24, 2.45) is 18.9 Å². The van der Waals surface area contributed by atoms with Crippen LogP contribution in [0.1, 0.15) is 31.5 Å². The number of hydrogen-bond donors (Lipinski definition) is 0. The van der Waals surface area contributed by atoms with Crippen LogP contribution in [0.3, 0.4) is 0 Å². The van der Waals surface area contributed by atoms with Crippen LogP contribution in [0.2, 0.25) is 0 Å². The number of hydrogen-bond acceptors (Lipinski definition) is 4. The lowest BCUT2D eigenvalue weighted by atomic mass is 9.96. The van der Waals surface area contributed by atoms with Crippen LogP contribution in [-0.2, 0) is 28.2 Å². The van der Waals surface area contributed by atoms with Crippen LogP contribution in [0.25, 0.3) is 0 Å². The number of ether oxygens (including phenoxy) is 1. The van der Waals surface area contributed by atoms with Crippen molar-refractivity contribution in [2.75, 3.05) is 32.1 Å². The van der Waals surface area contributed by atoms with Crippen molar-refractivity contribution in [1.29, 1.82) is 0 Å². The molecule has 3 heterocycles. The van der Waals surface area contributed by atoms with Crippen LogP contribution < -0.4 is 0 Å². The Balaban J connectivity index is 1.59. The highest BCUT2D eigenvalue weighted by molar-refractivity contribution is 7.89. The zero-order chi connectivity index (χ0) is 16.3. The average Bonchev–Trinajstić information content (AvgIpc) is 2.93. The summed E-state index contributed by atoms with van der Waals surface area (Å²) >= 11 is 0. The number of piperidine rings is 1. The van der Waals surface area contributed by atoms with Gasteiger partial charge in [-0.3, -0.25) is 0 Å². The standard InChI is InChI=1S/C16H27N3O3S/c1-18-8-6-17-16(18)11-15-3-2-7-19(12-15)23(20,21)13-14-4-9-22-10-5-14/h6,8,14-15H,2-5,7,9-13H2,1H3. The van der Waals surface area contributed by atoms with Gasteiger partial charge in [-0.1, -0.05) is 0 Å². The second-order valence-corrected chi connectivity index (χ2v) is 8.87. The predicted molar refractivity (Wildman–Crippen MR) is 88.5 cm³/mol. The van der Waals surface area contributed by atoms with E-state index >= 15 is 0 Å². The molecule has 130 valence electrons. The molecule has 0 N–H and O–H groups in total. The highest BCUT2D eigenvalue weighted by Gasteiger charge is 2.31. The van der Waals surface area contributed by atoms with E-state index in [1.807, 2.05) is 17.8 Å². The maximum atomic E-state index is 12.7. The third-order valence-corrected chi connectivity index (χ3v) is 7.07. The molecule has 2 aliphatic rings. The first-order chi connectivity index (χ1) is 11.0. The van der Waals surface area contributed by atoms with Crippen LogP contribution in [0.4, 0.5) is 0 Å². The number of aromatic nitrogens is 2. The summed E-state index contributed by atoms with van der Waals surface area (Å²) in [6.45, 7) is 2.70. The summed E-state index contributed by atoms with van der Waals surface area (Å²) < 4.78 is 34.5. The molecule has 23 heavy (non-hydrogen) atoms. The fourth-order valence-electron chi connectivity index (χ4n) is 3.61. The first kappa shape index (κ1) is 16.9. The lowest BCUT2D eigenvalue weighted by molar-refractivity contribution is 0.0719. The molecule has 0 amide bonds.